The second kappa shape index (κ2) is 6.45. The van der Waals surface area contributed by atoms with Gasteiger partial charge in [0.05, 0.1) is 5.56 Å². The molecule has 3 rings (SSSR count). The molecular weight excluding hydrogens is 320 g/mol. The molecule has 0 saturated heterocycles. The maximum atomic E-state index is 11.4. The third kappa shape index (κ3) is 3.46. The fraction of sp³-hybridized carbons (Fsp3) is 0.0667. The van der Waals surface area contributed by atoms with Crippen LogP contribution in [0.3, 0.4) is 0 Å². The third-order valence-corrected chi connectivity index (χ3v) is 3.16. The lowest BCUT2D eigenvalue weighted by atomic mass is 10.2. The number of pyridine rings is 1. The Morgan fingerprint density at radius 1 is 1.30 bits per heavy atom. The molecule has 0 aliphatic rings. The first-order valence-corrected chi connectivity index (χ1v) is 6.97. The second-order valence-corrected chi connectivity index (χ2v) is 4.96. The van der Waals surface area contributed by atoms with Gasteiger partial charge in [-0.2, -0.15) is 4.98 Å². The average Bonchev–Trinajstić information content (AvgIpc) is 3.02. The number of primary amides is 1. The van der Waals surface area contributed by atoms with Crippen LogP contribution in [0.25, 0.3) is 11.5 Å². The largest absolute Gasteiger partial charge is 0.483 e. The Hall–Kier alpha value is -2.93. The number of rotatable bonds is 5. The molecule has 1 amide bonds. The van der Waals surface area contributed by atoms with E-state index in [0.717, 1.165) is 0 Å². The molecule has 23 heavy (non-hydrogen) atoms. The van der Waals surface area contributed by atoms with Crippen molar-refractivity contribution < 1.29 is 14.1 Å². The number of amides is 1. The standard InChI is InChI=1S/C15H11ClN4O3/c16-9-4-5-10(14(17)21)12(7-9)22-8-13-19-15(20-23-13)11-3-1-2-6-18-11/h1-7H,8H2,(H2,17,21). The van der Waals surface area contributed by atoms with Gasteiger partial charge in [0.25, 0.3) is 11.8 Å². The summed E-state index contributed by atoms with van der Waals surface area (Å²) in [6.45, 7) is -0.0273. The molecule has 1 aromatic carbocycles. The van der Waals surface area contributed by atoms with Crippen LogP contribution in [0.15, 0.2) is 47.1 Å². The fourth-order valence-corrected chi connectivity index (χ4v) is 2.03. The molecule has 8 heteroatoms. The highest BCUT2D eigenvalue weighted by Crippen LogP contribution is 2.24. The van der Waals surface area contributed by atoms with Gasteiger partial charge < -0.3 is 15.0 Å². The number of carbonyl (C=O) groups excluding carboxylic acids is 1. The van der Waals surface area contributed by atoms with E-state index in [1.165, 1.54) is 12.1 Å². The van der Waals surface area contributed by atoms with E-state index in [0.29, 0.717) is 16.5 Å². The van der Waals surface area contributed by atoms with E-state index >= 15 is 0 Å². The maximum Gasteiger partial charge on any atom is 0.264 e. The summed E-state index contributed by atoms with van der Waals surface area (Å²) in [7, 11) is 0. The van der Waals surface area contributed by atoms with E-state index in [1.54, 1.807) is 24.4 Å². The first-order valence-electron chi connectivity index (χ1n) is 6.59. The van der Waals surface area contributed by atoms with Crippen molar-refractivity contribution in [1.82, 2.24) is 15.1 Å². The van der Waals surface area contributed by atoms with Crippen molar-refractivity contribution in [1.29, 1.82) is 0 Å². The van der Waals surface area contributed by atoms with Crippen LogP contribution in [0.1, 0.15) is 16.2 Å². The maximum absolute atomic E-state index is 11.4. The highest BCUT2D eigenvalue weighted by molar-refractivity contribution is 6.30. The minimum Gasteiger partial charge on any atom is -0.483 e. The third-order valence-electron chi connectivity index (χ3n) is 2.92. The van der Waals surface area contributed by atoms with Crippen molar-refractivity contribution in [3.05, 3.63) is 59.1 Å². The molecule has 0 atom stereocenters. The van der Waals surface area contributed by atoms with Crippen molar-refractivity contribution in [2.75, 3.05) is 0 Å². The zero-order chi connectivity index (χ0) is 16.2. The van der Waals surface area contributed by atoms with Crippen LogP contribution in [0, 0.1) is 0 Å². The van der Waals surface area contributed by atoms with E-state index in [2.05, 4.69) is 15.1 Å². The zero-order valence-corrected chi connectivity index (χ0v) is 12.5. The van der Waals surface area contributed by atoms with Crippen LogP contribution in [-0.4, -0.2) is 21.0 Å². The van der Waals surface area contributed by atoms with Crippen molar-refractivity contribution >= 4 is 17.5 Å². The number of benzene rings is 1. The predicted octanol–water partition coefficient (Wildman–Crippen LogP) is 2.46. The summed E-state index contributed by atoms with van der Waals surface area (Å²) >= 11 is 5.90. The first-order chi connectivity index (χ1) is 11.1. The Kier molecular flexibility index (Phi) is 4.20. The molecule has 0 unspecified atom stereocenters. The Labute approximate surface area is 136 Å². The summed E-state index contributed by atoms with van der Waals surface area (Å²) < 4.78 is 10.6. The summed E-state index contributed by atoms with van der Waals surface area (Å²) in [4.78, 5) is 19.7. The molecule has 2 aromatic heterocycles. The van der Waals surface area contributed by atoms with Gasteiger partial charge in [-0.25, -0.2) is 0 Å². The van der Waals surface area contributed by atoms with Gasteiger partial charge in [0.15, 0.2) is 6.61 Å². The molecule has 116 valence electrons. The van der Waals surface area contributed by atoms with Crippen LogP contribution >= 0.6 is 11.6 Å². The van der Waals surface area contributed by atoms with Crippen LogP contribution < -0.4 is 10.5 Å². The molecule has 0 aliphatic carbocycles. The number of nitrogens with two attached hydrogens (primary N) is 1. The Morgan fingerprint density at radius 2 is 2.17 bits per heavy atom. The number of halogens is 1. The lowest BCUT2D eigenvalue weighted by molar-refractivity contribution is 0.0995. The lowest BCUT2D eigenvalue weighted by Crippen LogP contribution is -2.13. The van der Waals surface area contributed by atoms with Gasteiger partial charge in [-0.15, -0.1) is 0 Å². The number of hydrogen-bond donors (Lipinski definition) is 1. The monoisotopic (exact) mass is 330 g/mol. The van der Waals surface area contributed by atoms with Crippen molar-refractivity contribution in [2.45, 2.75) is 6.61 Å². The van der Waals surface area contributed by atoms with Gasteiger partial charge in [-0.3, -0.25) is 9.78 Å². The number of nitrogens with zero attached hydrogens (tertiary/aromatic N) is 3. The van der Waals surface area contributed by atoms with Gasteiger partial charge in [-0.1, -0.05) is 22.8 Å². The Bertz CT molecular complexity index is 836. The second-order valence-electron chi connectivity index (χ2n) is 4.52. The minimum absolute atomic E-state index is 0.0273. The minimum atomic E-state index is -0.614. The van der Waals surface area contributed by atoms with Gasteiger partial charge in [0, 0.05) is 11.2 Å². The molecule has 3 aromatic rings. The molecule has 0 bridgehead atoms. The molecule has 2 N–H and O–H groups in total. The normalized spacial score (nSPS) is 10.5. The molecule has 0 fully saturated rings. The quantitative estimate of drug-likeness (QED) is 0.770. The number of carbonyl (C=O) groups is 1. The highest BCUT2D eigenvalue weighted by atomic mass is 35.5. The molecule has 0 spiro atoms. The number of aromatic nitrogens is 3. The summed E-state index contributed by atoms with van der Waals surface area (Å²) in [6, 6.07) is 9.92. The number of hydrogen-bond acceptors (Lipinski definition) is 6. The SMILES string of the molecule is NC(=O)c1ccc(Cl)cc1OCc1nc(-c2ccccn2)no1. The van der Waals surface area contributed by atoms with E-state index in [9.17, 15) is 4.79 Å². The molecule has 2 heterocycles. The summed E-state index contributed by atoms with van der Waals surface area (Å²) in [5, 5.41) is 4.25. The van der Waals surface area contributed by atoms with Crippen LogP contribution in [0.4, 0.5) is 0 Å². The van der Waals surface area contributed by atoms with Gasteiger partial charge in [-0.05, 0) is 30.3 Å². The molecule has 0 aliphatic heterocycles. The molecule has 0 radical (unpaired) electrons. The van der Waals surface area contributed by atoms with E-state index in [4.69, 9.17) is 26.6 Å². The van der Waals surface area contributed by atoms with Crippen LogP contribution in [0.2, 0.25) is 5.02 Å². The van der Waals surface area contributed by atoms with Gasteiger partial charge in [0.1, 0.15) is 11.4 Å². The topological polar surface area (TPSA) is 104 Å². The van der Waals surface area contributed by atoms with Crippen molar-refractivity contribution in [2.24, 2.45) is 5.73 Å². The molecule has 0 saturated carbocycles. The Balaban J connectivity index is 1.76. The fourth-order valence-electron chi connectivity index (χ4n) is 1.87. The van der Waals surface area contributed by atoms with Gasteiger partial charge in [0.2, 0.25) is 5.82 Å². The summed E-state index contributed by atoms with van der Waals surface area (Å²) in [5.41, 5.74) is 6.10. The summed E-state index contributed by atoms with van der Waals surface area (Å²) in [6.07, 6.45) is 1.63. The van der Waals surface area contributed by atoms with Gasteiger partial charge >= 0.3 is 0 Å². The lowest BCUT2D eigenvalue weighted by Gasteiger charge is -2.07. The molecule has 7 nitrogen and oxygen atoms in total. The Morgan fingerprint density at radius 3 is 2.91 bits per heavy atom. The van der Waals surface area contributed by atoms with Crippen molar-refractivity contribution in [3.8, 4) is 17.3 Å². The smallest absolute Gasteiger partial charge is 0.264 e. The van der Waals surface area contributed by atoms with Crippen LogP contribution in [0.5, 0.6) is 5.75 Å². The van der Waals surface area contributed by atoms with E-state index < -0.39 is 5.91 Å². The van der Waals surface area contributed by atoms with Crippen molar-refractivity contribution in [3.63, 3.8) is 0 Å². The number of ether oxygens (including phenoxy) is 1. The predicted molar refractivity (Wildman–Crippen MR) is 81.8 cm³/mol. The van der Waals surface area contributed by atoms with Crippen LogP contribution in [-0.2, 0) is 6.61 Å². The zero-order valence-electron chi connectivity index (χ0n) is 11.8. The van der Waals surface area contributed by atoms with E-state index in [1.807, 2.05) is 6.07 Å². The van der Waals surface area contributed by atoms with E-state index in [-0.39, 0.29) is 23.8 Å². The average molecular weight is 331 g/mol. The summed E-state index contributed by atoms with van der Waals surface area (Å²) in [5.74, 6) is 0.227. The molecular formula is C15H11ClN4O3. The first kappa shape index (κ1) is 15.0. The highest BCUT2D eigenvalue weighted by Gasteiger charge is 2.13.